The normalized spacial score (nSPS) is 15.8. The van der Waals surface area contributed by atoms with Gasteiger partial charge in [-0.25, -0.2) is 0 Å². The van der Waals surface area contributed by atoms with Crippen molar-refractivity contribution in [2.75, 3.05) is 7.05 Å². The summed E-state index contributed by atoms with van der Waals surface area (Å²) in [5, 5.41) is 5.55. The quantitative estimate of drug-likeness (QED) is 0.861. The maximum atomic E-state index is 12.8. The van der Waals surface area contributed by atoms with Crippen LogP contribution in [-0.2, 0) is 19.3 Å². The molecule has 3 rings (SSSR count). The molecule has 0 saturated carbocycles. The Balaban J connectivity index is 2.05. The van der Waals surface area contributed by atoms with Gasteiger partial charge in [0.2, 0.25) is 0 Å². The van der Waals surface area contributed by atoms with Crippen LogP contribution in [0.4, 0.5) is 13.2 Å². The van der Waals surface area contributed by atoms with Crippen molar-refractivity contribution in [1.29, 1.82) is 0 Å². The van der Waals surface area contributed by atoms with Gasteiger partial charge in [0.1, 0.15) is 5.69 Å². The van der Waals surface area contributed by atoms with Crippen molar-refractivity contribution < 1.29 is 13.2 Å². The van der Waals surface area contributed by atoms with Crippen molar-refractivity contribution in [3.8, 4) is 11.1 Å². The van der Waals surface area contributed by atoms with E-state index in [0.717, 1.165) is 18.7 Å². The predicted octanol–water partition coefficient (Wildman–Crippen LogP) is 3.04. The van der Waals surface area contributed by atoms with E-state index in [1.165, 1.54) is 11.8 Å². The zero-order chi connectivity index (χ0) is 13.6. The second-order valence-corrected chi connectivity index (χ2v) is 4.81. The summed E-state index contributed by atoms with van der Waals surface area (Å²) in [7, 11) is 1.98. The number of nitrogens with one attached hydrogen (secondary N) is 1. The third-order valence-electron chi connectivity index (χ3n) is 3.32. The van der Waals surface area contributed by atoms with Gasteiger partial charge in [0.25, 0.3) is 0 Å². The smallest absolute Gasteiger partial charge is 0.298 e. The van der Waals surface area contributed by atoms with Crippen molar-refractivity contribution in [3.05, 3.63) is 41.2 Å². The van der Waals surface area contributed by atoms with Crippen LogP contribution in [0.1, 0.15) is 16.8 Å². The first kappa shape index (κ1) is 12.2. The molecule has 2 heterocycles. The number of rotatable bonds is 1. The van der Waals surface area contributed by atoms with Gasteiger partial charge in [0.05, 0.1) is 6.20 Å². The van der Waals surface area contributed by atoms with Gasteiger partial charge in [-0.3, -0.25) is 10.00 Å². The fraction of sp³-hybridized carbons (Fsp3) is 0.308. The van der Waals surface area contributed by atoms with Crippen LogP contribution < -0.4 is 0 Å². The van der Waals surface area contributed by atoms with E-state index >= 15 is 0 Å². The standard InChI is InChI=1S/C13H12F3N3/c1-19-6-9-3-2-8(4-10(9)7-19)11-5-17-18-12(11)13(14,15)16/h2-5H,6-7H2,1H3,(H,17,18). The molecule has 0 bridgehead atoms. The topological polar surface area (TPSA) is 31.9 Å². The third-order valence-corrected chi connectivity index (χ3v) is 3.32. The number of hydrogen-bond acceptors (Lipinski definition) is 2. The molecule has 0 radical (unpaired) electrons. The molecule has 100 valence electrons. The molecule has 0 spiro atoms. The minimum atomic E-state index is -4.42. The van der Waals surface area contributed by atoms with Crippen molar-refractivity contribution in [1.82, 2.24) is 15.1 Å². The molecule has 1 N–H and O–H groups in total. The van der Waals surface area contributed by atoms with Crippen LogP contribution in [0.2, 0.25) is 0 Å². The number of alkyl halides is 3. The monoisotopic (exact) mass is 267 g/mol. The first-order chi connectivity index (χ1) is 8.95. The Kier molecular flexibility index (Phi) is 2.63. The van der Waals surface area contributed by atoms with Crippen LogP contribution in [-0.4, -0.2) is 22.1 Å². The van der Waals surface area contributed by atoms with Crippen LogP contribution in [0.3, 0.4) is 0 Å². The highest BCUT2D eigenvalue weighted by Crippen LogP contribution is 2.36. The lowest BCUT2D eigenvalue weighted by molar-refractivity contribution is -0.140. The first-order valence-corrected chi connectivity index (χ1v) is 5.86. The fourth-order valence-corrected chi connectivity index (χ4v) is 2.45. The molecule has 0 unspecified atom stereocenters. The van der Waals surface area contributed by atoms with E-state index in [2.05, 4.69) is 10.00 Å². The van der Waals surface area contributed by atoms with Gasteiger partial charge in [-0.05, 0) is 29.8 Å². The number of H-pyrrole nitrogens is 1. The molecule has 1 aliphatic heterocycles. The van der Waals surface area contributed by atoms with Gasteiger partial charge in [-0.1, -0.05) is 12.1 Å². The Bertz CT molecular complexity index is 616. The number of aromatic nitrogens is 2. The fourth-order valence-electron chi connectivity index (χ4n) is 2.45. The largest absolute Gasteiger partial charge is 0.433 e. The van der Waals surface area contributed by atoms with Crippen molar-refractivity contribution >= 4 is 0 Å². The minimum absolute atomic E-state index is 0.102. The number of halogens is 3. The van der Waals surface area contributed by atoms with Gasteiger partial charge in [-0.15, -0.1) is 0 Å². The second-order valence-electron chi connectivity index (χ2n) is 4.81. The van der Waals surface area contributed by atoms with E-state index in [0.29, 0.717) is 5.56 Å². The third kappa shape index (κ3) is 2.12. The highest BCUT2D eigenvalue weighted by Gasteiger charge is 2.36. The molecule has 6 heteroatoms. The van der Waals surface area contributed by atoms with Gasteiger partial charge >= 0.3 is 6.18 Å². The van der Waals surface area contributed by atoms with Gasteiger partial charge in [-0.2, -0.15) is 18.3 Å². The Morgan fingerprint density at radius 3 is 2.68 bits per heavy atom. The molecule has 0 fully saturated rings. The van der Waals surface area contributed by atoms with Crippen molar-refractivity contribution in [2.45, 2.75) is 19.3 Å². The van der Waals surface area contributed by atoms with E-state index in [4.69, 9.17) is 0 Å². The van der Waals surface area contributed by atoms with Crippen molar-refractivity contribution in [3.63, 3.8) is 0 Å². The lowest BCUT2D eigenvalue weighted by atomic mass is 10.0. The maximum absolute atomic E-state index is 12.8. The number of nitrogens with zero attached hydrogens (tertiary/aromatic N) is 2. The molecular formula is C13H12F3N3. The van der Waals surface area contributed by atoms with E-state index in [1.807, 2.05) is 24.3 Å². The molecule has 0 amide bonds. The predicted molar refractivity (Wildman–Crippen MR) is 64.2 cm³/mol. The molecule has 0 saturated heterocycles. The summed E-state index contributed by atoms with van der Waals surface area (Å²) < 4.78 is 38.5. The van der Waals surface area contributed by atoms with Crippen LogP contribution >= 0.6 is 0 Å². The van der Waals surface area contributed by atoms with Crippen LogP contribution in [0.5, 0.6) is 0 Å². The van der Waals surface area contributed by atoms with Crippen LogP contribution in [0, 0.1) is 0 Å². The average Bonchev–Trinajstić information content (AvgIpc) is 2.90. The highest BCUT2D eigenvalue weighted by molar-refractivity contribution is 5.67. The average molecular weight is 267 g/mol. The Labute approximate surface area is 108 Å². The van der Waals surface area contributed by atoms with Gasteiger partial charge in [0.15, 0.2) is 0 Å². The molecule has 19 heavy (non-hydrogen) atoms. The zero-order valence-electron chi connectivity index (χ0n) is 10.3. The van der Waals surface area contributed by atoms with Crippen molar-refractivity contribution in [2.24, 2.45) is 0 Å². The SMILES string of the molecule is CN1Cc2ccc(-c3cn[nH]c3C(F)(F)F)cc2C1. The minimum Gasteiger partial charge on any atom is -0.298 e. The van der Waals surface area contributed by atoms with Crippen LogP contribution in [0.15, 0.2) is 24.4 Å². The summed E-state index contributed by atoms with van der Waals surface area (Å²) in [6.07, 6.45) is -3.19. The Hall–Kier alpha value is -1.82. The van der Waals surface area contributed by atoms with E-state index in [-0.39, 0.29) is 5.56 Å². The lowest BCUT2D eigenvalue weighted by Gasteiger charge is -2.08. The number of hydrogen-bond donors (Lipinski definition) is 1. The number of benzene rings is 1. The summed E-state index contributed by atoms with van der Waals surface area (Å²) in [5.41, 5.74) is 2.11. The Morgan fingerprint density at radius 1 is 1.21 bits per heavy atom. The van der Waals surface area contributed by atoms with Crippen LogP contribution in [0.25, 0.3) is 11.1 Å². The maximum Gasteiger partial charge on any atom is 0.433 e. The molecule has 1 aliphatic rings. The molecular weight excluding hydrogens is 255 g/mol. The Morgan fingerprint density at radius 2 is 1.95 bits per heavy atom. The van der Waals surface area contributed by atoms with E-state index in [9.17, 15) is 13.2 Å². The molecule has 1 aromatic heterocycles. The highest BCUT2D eigenvalue weighted by atomic mass is 19.4. The van der Waals surface area contributed by atoms with Gasteiger partial charge < -0.3 is 0 Å². The summed E-state index contributed by atoms with van der Waals surface area (Å²) in [5.74, 6) is 0. The van der Waals surface area contributed by atoms with E-state index < -0.39 is 11.9 Å². The van der Waals surface area contributed by atoms with E-state index in [1.54, 1.807) is 6.07 Å². The first-order valence-electron chi connectivity index (χ1n) is 5.86. The summed E-state index contributed by atoms with van der Waals surface area (Å²) in [6, 6.07) is 5.43. The molecule has 0 aliphatic carbocycles. The lowest BCUT2D eigenvalue weighted by Crippen LogP contribution is -2.07. The second kappa shape index (κ2) is 4.09. The summed E-state index contributed by atoms with van der Waals surface area (Å²) in [4.78, 5) is 2.12. The number of aromatic amines is 1. The molecule has 2 aromatic rings. The summed E-state index contributed by atoms with van der Waals surface area (Å²) >= 11 is 0. The number of fused-ring (bicyclic) bond motifs is 1. The molecule has 1 aromatic carbocycles. The van der Waals surface area contributed by atoms with Gasteiger partial charge in [0, 0.05) is 18.7 Å². The zero-order valence-corrected chi connectivity index (χ0v) is 10.3. The summed E-state index contributed by atoms with van der Waals surface area (Å²) in [6.45, 7) is 1.61. The molecule has 3 nitrogen and oxygen atoms in total. The molecule has 0 atom stereocenters.